The molecule has 0 radical (unpaired) electrons. The summed E-state index contributed by atoms with van der Waals surface area (Å²) in [5.41, 5.74) is 0. The van der Waals surface area contributed by atoms with Crippen LogP contribution in [-0.4, -0.2) is 37.2 Å². The standard InChI is InChI=1S/C56H98O6/c1-4-7-10-13-16-18-20-22-24-26-27-28-29-30-32-33-35-37-40-43-46-49-55(58)61-52-53(51-60-54(57)48-45-42-39-15-12-9-6-3)62-56(59)50-47-44-41-38-36-34-31-25-23-21-19-17-14-11-8-5-2/h7,10,16,18,22,24-25,27-28,31,53H,4-6,8-9,11-15,17,19-21,23,26,29-30,32-52H2,1-3H3/b10-7-,18-16-,24-22-,28-27-,31-25-. The molecule has 6 heteroatoms. The smallest absolute Gasteiger partial charge is 0.306 e. The molecule has 0 rings (SSSR count). The Kier molecular flexibility index (Phi) is 48.4. The molecule has 0 aliphatic rings. The first-order valence-electron chi connectivity index (χ1n) is 26.3. The summed E-state index contributed by atoms with van der Waals surface area (Å²) in [6.45, 7) is 6.48. The van der Waals surface area contributed by atoms with Crippen LogP contribution in [0.4, 0.5) is 0 Å². The minimum absolute atomic E-state index is 0.0791. The van der Waals surface area contributed by atoms with Gasteiger partial charge in [-0.25, -0.2) is 0 Å². The molecule has 358 valence electrons. The summed E-state index contributed by atoms with van der Waals surface area (Å²) in [4.78, 5) is 37.8. The summed E-state index contributed by atoms with van der Waals surface area (Å²) in [6, 6.07) is 0. The molecule has 0 spiro atoms. The highest BCUT2D eigenvalue weighted by atomic mass is 16.6. The lowest BCUT2D eigenvalue weighted by Crippen LogP contribution is -2.30. The second-order valence-corrected chi connectivity index (χ2v) is 17.4. The number of carbonyl (C=O) groups is 3. The van der Waals surface area contributed by atoms with Crippen molar-refractivity contribution < 1.29 is 28.6 Å². The molecule has 0 aliphatic heterocycles. The van der Waals surface area contributed by atoms with Gasteiger partial charge in [0.25, 0.3) is 0 Å². The number of hydrogen-bond acceptors (Lipinski definition) is 6. The van der Waals surface area contributed by atoms with Crippen molar-refractivity contribution in [1.82, 2.24) is 0 Å². The van der Waals surface area contributed by atoms with E-state index in [9.17, 15) is 14.4 Å². The fourth-order valence-corrected chi connectivity index (χ4v) is 7.31. The van der Waals surface area contributed by atoms with Crippen molar-refractivity contribution in [1.29, 1.82) is 0 Å². The Morgan fingerprint density at radius 2 is 0.629 bits per heavy atom. The Labute approximate surface area is 383 Å². The van der Waals surface area contributed by atoms with Crippen molar-refractivity contribution in [2.45, 2.75) is 264 Å². The molecule has 0 aromatic rings. The van der Waals surface area contributed by atoms with Crippen LogP contribution in [-0.2, 0) is 28.6 Å². The second kappa shape index (κ2) is 50.8. The lowest BCUT2D eigenvalue weighted by atomic mass is 10.1. The molecule has 62 heavy (non-hydrogen) atoms. The van der Waals surface area contributed by atoms with Gasteiger partial charge in [0.15, 0.2) is 6.10 Å². The zero-order valence-corrected chi connectivity index (χ0v) is 40.9. The average molecular weight is 867 g/mol. The fraction of sp³-hybridized carbons (Fsp3) is 0.768. The fourth-order valence-electron chi connectivity index (χ4n) is 7.31. The second-order valence-electron chi connectivity index (χ2n) is 17.4. The Morgan fingerprint density at radius 3 is 1.00 bits per heavy atom. The molecule has 0 fully saturated rings. The number of ether oxygens (including phenoxy) is 3. The van der Waals surface area contributed by atoms with Crippen LogP contribution in [0.3, 0.4) is 0 Å². The van der Waals surface area contributed by atoms with E-state index in [-0.39, 0.29) is 31.1 Å². The van der Waals surface area contributed by atoms with E-state index in [1.165, 1.54) is 116 Å². The molecular formula is C56H98O6. The van der Waals surface area contributed by atoms with E-state index in [1.54, 1.807) is 0 Å². The van der Waals surface area contributed by atoms with Gasteiger partial charge in [0, 0.05) is 19.3 Å². The van der Waals surface area contributed by atoms with Gasteiger partial charge in [0.1, 0.15) is 13.2 Å². The summed E-state index contributed by atoms with van der Waals surface area (Å²) >= 11 is 0. The van der Waals surface area contributed by atoms with Crippen LogP contribution in [0.15, 0.2) is 60.8 Å². The SMILES string of the molecule is CC/C=C\C/C=C\C/C=C\C/C=C\CCCCCCCCCCC(=O)OCC(COC(=O)CCCCCCCCC)OC(=O)CCCCCCC/C=C\CCCCCCCCC. The molecule has 0 bridgehead atoms. The van der Waals surface area contributed by atoms with Crippen LogP contribution in [0.25, 0.3) is 0 Å². The predicted molar refractivity (Wildman–Crippen MR) is 265 cm³/mol. The molecule has 0 saturated carbocycles. The van der Waals surface area contributed by atoms with Crippen molar-refractivity contribution in [3.63, 3.8) is 0 Å². The first-order valence-corrected chi connectivity index (χ1v) is 26.3. The number of hydrogen-bond donors (Lipinski definition) is 0. The van der Waals surface area contributed by atoms with Gasteiger partial charge in [0.2, 0.25) is 0 Å². The minimum Gasteiger partial charge on any atom is -0.462 e. The van der Waals surface area contributed by atoms with Crippen LogP contribution < -0.4 is 0 Å². The first kappa shape index (κ1) is 59.1. The van der Waals surface area contributed by atoms with E-state index in [1.807, 2.05) is 0 Å². The van der Waals surface area contributed by atoms with E-state index in [0.717, 1.165) is 103 Å². The quantitative estimate of drug-likeness (QED) is 0.0262. The van der Waals surface area contributed by atoms with E-state index in [4.69, 9.17) is 14.2 Å². The molecule has 6 nitrogen and oxygen atoms in total. The summed E-state index contributed by atoms with van der Waals surface area (Å²) < 4.78 is 16.7. The van der Waals surface area contributed by atoms with Crippen LogP contribution in [0.5, 0.6) is 0 Å². The Morgan fingerprint density at radius 1 is 0.339 bits per heavy atom. The van der Waals surface area contributed by atoms with Crippen LogP contribution in [0.2, 0.25) is 0 Å². The molecule has 0 heterocycles. The van der Waals surface area contributed by atoms with Gasteiger partial charge in [-0.15, -0.1) is 0 Å². The number of allylic oxidation sites excluding steroid dienone is 10. The topological polar surface area (TPSA) is 78.9 Å². The van der Waals surface area contributed by atoms with Gasteiger partial charge in [-0.2, -0.15) is 0 Å². The zero-order chi connectivity index (χ0) is 45.1. The average Bonchev–Trinajstić information content (AvgIpc) is 3.27. The highest BCUT2D eigenvalue weighted by molar-refractivity contribution is 5.71. The number of carbonyl (C=O) groups excluding carboxylic acids is 3. The van der Waals surface area contributed by atoms with Gasteiger partial charge < -0.3 is 14.2 Å². The normalized spacial score (nSPS) is 12.5. The lowest BCUT2D eigenvalue weighted by molar-refractivity contribution is -0.167. The van der Waals surface area contributed by atoms with Crippen LogP contribution >= 0.6 is 0 Å². The lowest BCUT2D eigenvalue weighted by Gasteiger charge is -2.18. The third-order valence-electron chi connectivity index (χ3n) is 11.3. The molecule has 0 amide bonds. The number of rotatable bonds is 47. The molecular weight excluding hydrogens is 769 g/mol. The molecule has 1 unspecified atom stereocenters. The molecule has 0 aromatic heterocycles. The summed E-state index contributed by atoms with van der Waals surface area (Å²) in [7, 11) is 0. The highest BCUT2D eigenvalue weighted by Gasteiger charge is 2.19. The molecule has 1 atom stereocenters. The predicted octanol–water partition coefficient (Wildman–Crippen LogP) is 17.3. The third-order valence-corrected chi connectivity index (χ3v) is 11.3. The van der Waals surface area contributed by atoms with Crippen molar-refractivity contribution in [3.8, 4) is 0 Å². The van der Waals surface area contributed by atoms with Crippen LogP contribution in [0.1, 0.15) is 258 Å². The molecule has 0 aliphatic carbocycles. The van der Waals surface area contributed by atoms with Gasteiger partial charge >= 0.3 is 17.9 Å². The maximum absolute atomic E-state index is 12.8. The van der Waals surface area contributed by atoms with Crippen molar-refractivity contribution in [2.24, 2.45) is 0 Å². The Hall–Kier alpha value is -2.89. The molecule has 0 N–H and O–H groups in total. The van der Waals surface area contributed by atoms with Crippen LogP contribution in [0, 0.1) is 0 Å². The van der Waals surface area contributed by atoms with E-state index in [0.29, 0.717) is 19.3 Å². The Bertz CT molecular complexity index is 1130. The maximum atomic E-state index is 12.8. The zero-order valence-electron chi connectivity index (χ0n) is 40.9. The number of unbranched alkanes of at least 4 members (excludes halogenated alkanes) is 26. The maximum Gasteiger partial charge on any atom is 0.306 e. The summed E-state index contributed by atoms with van der Waals surface area (Å²) in [6.07, 6.45) is 62.2. The monoisotopic (exact) mass is 867 g/mol. The number of esters is 3. The molecule has 0 saturated heterocycles. The van der Waals surface area contributed by atoms with Gasteiger partial charge in [-0.3, -0.25) is 14.4 Å². The van der Waals surface area contributed by atoms with Gasteiger partial charge in [0.05, 0.1) is 0 Å². The van der Waals surface area contributed by atoms with Crippen molar-refractivity contribution in [3.05, 3.63) is 60.8 Å². The van der Waals surface area contributed by atoms with E-state index in [2.05, 4.69) is 81.5 Å². The third kappa shape index (κ3) is 48.1. The van der Waals surface area contributed by atoms with Crippen molar-refractivity contribution >= 4 is 17.9 Å². The largest absolute Gasteiger partial charge is 0.462 e. The summed E-state index contributed by atoms with van der Waals surface area (Å²) in [5, 5.41) is 0. The van der Waals surface area contributed by atoms with Crippen molar-refractivity contribution in [2.75, 3.05) is 13.2 Å². The Balaban J connectivity index is 4.25. The van der Waals surface area contributed by atoms with Gasteiger partial charge in [-0.1, -0.05) is 216 Å². The highest BCUT2D eigenvalue weighted by Crippen LogP contribution is 2.14. The van der Waals surface area contributed by atoms with E-state index >= 15 is 0 Å². The minimum atomic E-state index is -0.778. The van der Waals surface area contributed by atoms with Gasteiger partial charge in [-0.05, 0) is 83.5 Å². The first-order chi connectivity index (χ1) is 30.5. The summed E-state index contributed by atoms with van der Waals surface area (Å²) in [5.74, 6) is -0.898. The molecule has 0 aromatic carbocycles. The van der Waals surface area contributed by atoms with E-state index < -0.39 is 6.10 Å².